The maximum absolute atomic E-state index is 13.4. The molecular formula is C28H23N3O4. The van der Waals surface area contributed by atoms with Crippen LogP contribution in [0.2, 0.25) is 0 Å². The lowest BCUT2D eigenvalue weighted by atomic mass is 10.00. The minimum absolute atomic E-state index is 0.0548. The normalized spacial score (nSPS) is 11.0. The lowest BCUT2D eigenvalue weighted by Crippen LogP contribution is -2.22. The fourth-order valence-electron chi connectivity index (χ4n) is 4.04. The zero-order valence-corrected chi connectivity index (χ0v) is 18.8. The summed E-state index contributed by atoms with van der Waals surface area (Å²) in [6.45, 7) is 0.444. The zero-order valence-electron chi connectivity index (χ0n) is 18.8. The van der Waals surface area contributed by atoms with Crippen molar-refractivity contribution in [1.82, 2.24) is 14.6 Å². The van der Waals surface area contributed by atoms with Crippen molar-refractivity contribution in [3.63, 3.8) is 0 Å². The Labute approximate surface area is 201 Å². The number of ether oxygens (including phenoxy) is 1. The maximum Gasteiger partial charge on any atom is 0.341 e. The smallest absolute Gasteiger partial charge is 0.341 e. The van der Waals surface area contributed by atoms with Crippen LogP contribution < -0.4 is 10.3 Å². The van der Waals surface area contributed by atoms with Crippen LogP contribution in [0.1, 0.15) is 27.0 Å². The van der Waals surface area contributed by atoms with Crippen LogP contribution in [-0.4, -0.2) is 25.7 Å². The van der Waals surface area contributed by atoms with E-state index in [0.717, 1.165) is 16.7 Å². The third kappa shape index (κ3) is 4.70. The van der Waals surface area contributed by atoms with Gasteiger partial charge in [0.05, 0.1) is 5.69 Å². The van der Waals surface area contributed by atoms with Gasteiger partial charge < -0.3 is 9.84 Å². The molecule has 0 bridgehead atoms. The van der Waals surface area contributed by atoms with Crippen LogP contribution in [0.15, 0.2) is 95.9 Å². The van der Waals surface area contributed by atoms with Crippen molar-refractivity contribution in [2.24, 2.45) is 0 Å². The van der Waals surface area contributed by atoms with Crippen molar-refractivity contribution in [1.29, 1.82) is 0 Å². The number of aryl methyl sites for hydroxylation is 1. The summed E-state index contributed by atoms with van der Waals surface area (Å²) in [5, 5.41) is 12.3. The SMILES string of the molecule is O=C(O)c1c[nH]n2c(=O)c(CCc3ccccc3)c(-c3ccc(OCc4ccccc4)cc3)nc12. The van der Waals surface area contributed by atoms with E-state index in [1.165, 1.54) is 10.7 Å². The Morgan fingerprint density at radius 2 is 1.54 bits per heavy atom. The number of benzene rings is 3. The van der Waals surface area contributed by atoms with Crippen LogP contribution in [0.25, 0.3) is 16.9 Å². The molecule has 0 fully saturated rings. The number of fused-ring (bicyclic) bond motifs is 1. The first-order valence-corrected chi connectivity index (χ1v) is 11.3. The van der Waals surface area contributed by atoms with Crippen LogP contribution in [0, 0.1) is 0 Å². The molecule has 2 heterocycles. The molecule has 0 aliphatic carbocycles. The molecule has 35 heavy (non-hydrogen) atoms. The molecule has 0 amide bonds. The molecule has 5 rings (SSSR count). The van der Waals surface area contributed by atoms with Crippen LogP contribution in [0.4, 0.5) is 0 Å². The van der Waals surface area contributed by atoms with Gasteiger partial charge in [-0.25, -0.2) is 14.3 Å². The molecule has 0 unspecified atom stereocenters. The van der Waals surface area contributed by atoms with Crippen LogP contribution >= 0.6 is 0 Å². The average Bonchev–Trinajstić information content (AvgIpc) is 3.33. The van der Waals surface area contributed by atoms with E-state index in [1.54, 1.807) is 0 Å². The summed E-state index contributed by atoms with van der Waals surface area (Å²) in [6, 6.07) is 27.1. The first-order chi connectivity index (χ1) is 17.1. The largest absolute Gasteiger partial charge is 0.489 e. The number of H-pyrrole nitrogens is 1. The molecule has 0 radical (unpaired) electrons. The molecular weight excluding hydrogens is 442 g/mol. The number of nitrogens with one attached hydrogen (secondary N) is 1. The number of carboxylic acid groups (broad SMARTS) is 1. The van der Waals surface area contributed by atoms with Crippen molar-refractivity contribution in [2.45, 2.75) is 19.4 Å². The van der Waals surface area contributed by atoms with Gasteiger partial charge in [0.2, 0.25) is 0 Å². The zero-order chi connectivity index (χ0) is 24.2. The number of hydrogen-bond acceptors (Lipinski definition) is 4. The van der Waals surface area contributed by atoms with E-state index < -0.39 is 5.97 Å². The van der Waals surface area contributed by atoms with Crippen molar-refractivity contribution >= 4 is 11.6 Å². The molecule has 174 valence electrons. The van der Waals surface area contributed by atoms with Gasteiger partial charge in [-0.3, -0.25) is 9.89 Å². The molecule has 3 aromatic carbocycles. The summed E-state index contributed by atoms with van der Waals surface area (Å²) in [5.41, 5.74) is 3.60. The molecule has 2 aromatic heterocycles. The Kier molecular flexibility index (Phi) is 6.13. The molecule has 0 atom stereocenters. The van der Waals surface area contributed by atoms with E-state index in [1.807, 2.05) is 84.9 Å². The number of nitrogens with zero attached hydrogens (tertiary/aromatic N) is 2. The number of rotatable bonds is 8. The molecule has 7 nitrogen and oxygen atoms in total. The Morgan fingerprint density at radius 1 is 0.886 bits per heavy atom. The molecule has 0 aliphatic rings. The number of aromatic amines is 1. The monoisotopic (exact) mass is 465 g/mol. The first kappa shape index (κ1) is 22.2. The Morgan fingerprint density at radius 3 is 2.20 bits per heavy atom. The minimum Gasteiger partial charge on any atom is -0.489 e. The highest BCUT2D eigenvalue weighted by Gasteiger charge is 2.20. The highest BCUT2D eigenvalue weighted by Crippen LogP contribution is 2.25. The number of carboxylic acids is 1. The maximum atomic E-state index is 13.4. The summed E-state index contributed by atoms with van der Waals surface area (Å²) in [6.07, 6.45) is 2.40. The third-order valence-electron chi connectivity index (χ3n) is 5.87. The highest BCUT2D eigenvalue weighted by atomic mass is 16.5. The summed E-state index contributed by atoms with van der Waals surface area (Å²) in [5.74, 6) is -0.461. The van der Waals surface area contributed by atoms with Gasteiger partial charge in [-0.1, -0.05) is 60.7 Å². The predicted molar refractivity (Wildman–Crippen MR) is 133 cm³/mol. The summed E-state index contributed by atoms with van der Waals surface area (Å²) >= 11 is 0. The third-order valence-corrected chi connectivity index (χ3v) is 5.87. The Hall–Kier alpha value is -4.65. The molecule has 0 saturated carbocycles. The van der Waals surface area contributed by atoms with Crippen molar-refractivity contribution in [3.8, 4) is 17.0 Å². The summed E-state index contributed by atoms with van der Waals surface area (Å²) in [4.78, 5) is 29.7. The second-order valence-electron chi connectivity index (χ2n) is 8.18. The Bertz CT molecular complexity index is 1520. The average molecular weight is 466 g/mol. The van der Waals surface area contributed by atoms with E-state index in [-0.39, 0.29) is 16.8 Å². The second kappa shape index (κ2) is 9.69. The number of aromatic nitrogens is 3. The number of aromatic carboxylic acids is 1. The lowest BCUT2D eigenvalue weighted by Gasteiger charge is -2.11. The van der Waals surface area contributed by atoms with E-state index in [4.69, 9.17) is 4.74 Å². The molecule has 0 spiro atoms. The van der Waals surface area contributed by atoms with Gasteiger partial charge in [-0.05, 0) is 48.2 Å². The number of carbonyl (C=O) groups is 1. The van der Waals surface area contributed by atoms with E-state index in [9.17, 15) is 14.7 Å². The van der Waals surface area contributed by atoms with Gasteiger partial charge in [-0.15, -0.1) is 0 Å². The fraction of sp³-hybridized carbons (Fsp3) is 0.107. The van der Waals surface area contributed by atoms with E-state index in [2.05, 4.69) is 10.1 Å². The molecule has 2 N–H and O–H groups in total. The van der Waals surface area contributed by atoms with Crippen molar-refractivity contribution < 1.29 is 14.6 Å². The first-order valence-electron chi connectivity index (χ1n) is 11.3. The molecule has 7 heteroatoms. The van der Waals surface area contributed by atoms with Gasteiger partial charge in [0.15, 0.2) is 5.65 Å². The lowest BCUT2D eigenvalue weighted by molar-refractivity contribution is 0.0698. The number of hydrogen-bond donors (Lipinski definition) is 2. The predicted octanol–water partition coefficient (Wildman–Crippen LogP) is 4.75. The molecule has 5 aromatic rings. The minimum atomic E-state index is -1.15. The second-order valence-corrected chi connectivity index (χ2v) is 8.18. The summed E-state index contributed by atoms with van der Waals surface area (Å²) in [7, 11) is 0. The van der Waals surface area contributed by atoms with Crippen LogP contribution in [0.5, 0.6) is 5.75 Å². The van der Waals surface area contributed by atoms with Gasteiger partial charge >= 0.3 is 5.97 Å². The van der Waals surface area contributed by atoms with Crippen molar-refractivity contribution in [2.75, 3.05) is 0 Å². The van der Waals surface area contributed by atoms with E-state index >= 15 is 0 Å². The fourth-order valence-corrected chi connectivity index (χ4v) is 4.04. The van der Waals surface area contributed by atoms with Crippen molar-refractivity contribution in [3.05, 3.63) is 124 Å². The summed E-state index contributed by atoms with van der Waals surface area (Å²) < 4.78 is 7.08. The molecule has 0 saturated heterocycles. The van der Waals surface area contributed by atoms with Gasteiger partial charge in [0.1, 0.15) is 17.9 Å². The van der Waals surface area contributed by atoms with Gasteiger partial charge in [-0.2, -0.15) is 0 Å². The van der Waals surface area contributed by atoms with Gasteiger partial charge in [0, 0.05) is 17.3 Å². The van der Waals surface area contributed by atoms with Gasteiger partial charge in [0.25, 0.3) is 5.56 Å². The van der Waals surface area contributed by atoms with Crippen LogP contribution in [-0.2, 0) is 19.4 Å². The highest BCUT2D eigenvalue weighted by molar-refractivity contribution is 5.94. The van der Waals surface area contributed by atoms with E-state index in [0.29, 0.717) is 36.5 Å². The molecule has 0 aliphatic heterocycles. The van der Waals surface area contributed by atoms with Crippen LogP contribution in [0.3, 0.4) is 0 Å². The standard InChI is InChI=1S/C28H23N3O4/c32-27-23(16-11-19-7-3-1-4-8-19)25(30-26-24(28(33)34)17-29-31(26)27)21-12-14-22(15-13-21)35-18-20-9-5-2-6-10-20/h1-10,12-15,17,29H,11,16,18H2,(H,33,34). The quantitative estimate of drug-likeness (QED) is 0.345. The topological polar surface area (TPSA) is 96.7 Å². The Balaban J connectivity index is 1.50.